The monoisotopic (exact) mass is 166 g/mol. The second-order valence-corrected chi connectivity index (χ2v) is 2.66. The molecule has 56 valence electrons. The number of para-hydroxylation sites is 1. The Morgan fingerprint density at radius 1 is 1.45 bits per heavy atom. The molecule has 3 nitrogen and oxygen atoms in total. The van der Waals surface area contributed by atoms with Crippen molar-refractivity contribution in [2.75, 3.05) is 5.73 Å². The molecule has 0 aliphatic carbocycles. The van der Waals surface area contributed by atoms with E-state index in [0.717, 1.165) is 4.90 Å². The molecule has 0 aliphatic rings. The van der Waals surface area contributed by atoms with Crippen LogP contribution in [0.5, 0.6) is 0 Å². The molecule has 0 amide bonds. The van der Waals surface area contributed by atoms with Crippen LogP contribution in [-0.4, -0.2) is 4.98 Å². The fraction of sp³-hybridized carbons (Fsp3) is 0. The van der Waals surface area contributed by atoms with Gasteiger partial charge in [0.05, 0.1) is 0 Å². The van der Waals surface area contributed by atoms with Crippen LogP contribution in [0.15, 0.2) is 27.5 Å². The number of hydrogen-bond donors (Lipinski definition) is 2. The van der Waals surface area contributed by atoms with Gasteiger partial charge in [0.2, 0.25) is 0 Å². The smallest absolute Gasteiger partial charge is 0.293 e. The van der Waals surface area contributed by atoms with E-state index in [2.05, 4.69) is 17.6 Å². The molecular weight excluding hydrogens is 160 g/mol. The topological polar surface area (TPSA) is 52.0 Å². The average molecular weight is 166 g/mol. The standard InChI is InChI=1S/C7H6N2OS/c8-7-9-6-4(10-7)2-1-3-5(6)11/h1-3,11H,(H2,8,9). The number of nitrogen functional groups attached to an aromatic ring is 1. The second kappa shape index (κ2) is 2.17. The van der Waals surface area contributed by atoms with Gasteiger partial charge in [0.1, 0.15) is 5.52 Å². The van der Waals surface area contributed by atoms with Gasteiger partial charge in [0.25, 0.3) is 6.01 Å². The third kappa shape index (κ3) is 0.952. The van der Waals surface area contributed by atoms with E-state index in [-0.39, 0.29) is 6.01 Å². The van der Waals surface area contributed by atoms with Crippen LogP contribution in [0.4, 0.5) is 6.01 Å². The average Bonchev–Trinajstić information content (AvgIpc) is 2.31. The number of aromatic nitrogens is 1. The maximum Gasteiger partial charge on any atom is 0.293 e. The summed E-state index contributed by atoms with van der Waals surface area (Å²) in [7, 11) is 0. The Hall–Kier alpha value is -1.16. The van der Waals surface area contributed by atoms with Crippen LogP contribution in [0.25, 0.3) is 11.1 Å². The number of thiol groups is 1. The molecule has 2 N–H and O–H groups in total. The minimum Gasteiger partial charge on any atom is -0.424 e. The molecule has 0 spiro atoms. The van der Waals surface area contributed by atoms with Gasteiger partial charge in [0.15, 0.2) is 5.58 Å². The van der Waals surface area contributed by atoms with Crippen molar-refractivity contribution < 1.29 is 4.42 Å². The Morgan fingerprint density at radius 2 is 2.27 bits per heavy atom. The number of nitrogens with two attached hydrogens (primary N) is 1. The maximum atomic E-state index is 5.35. The summed E-state index contributed by atoms with van der Waals surface area (Å²) in [6.45, 7) is 0. The molecule has 2 rings (SSSR count). The van der Waals surface area contributed by atoms with Crippen molar-refractivity contribution in [1.29, 1.82) is 0 Å². The Morgan fingerprint density at radius 3 is 3.00 bits per heavy atom. The van der Waals surface area contributed by atoms with E-state index in [1.165, 1.54) is 0 Å². The summed E-state index contributed by atoms with van der Waals surface area (Å²) in [5.74, 6) is 0. The molecule has 0 fully saturated rings. The Bertz CT molecular complexity index is 396. The Balaban J connectivity index is 2.90. The van der Waals surface area contributed by atoms with Gasteiger partial charge >= 0.3 is 0 Å². The van der Waals surface area contributed by atoms with E-state index in [0.29, 0.717) is 11.1 Å². The third-order valence-corrected chi connectivity index (χ3v) is 1.78. The van der Waals surface area contributed by atoms with Gasteiger partial charge in [-0.3, -0.25) is 0 Å². The minimum absolute atomic E-state index is 0.182. The van der Waals surface area contributed by atoms with Gasteiger partial charge in [-0.2, -0.15) is 4.98 Å². The summed E-state index contributed by atoms with van der Waals surface area (Å²) < 4.78 is 5.07. The molecule has 2 aromatic rings. The summed E-state index contributed by atoms with van der Waals surface area (Å²) in [5.41, 5.74) is 6.74. The fourth-order valence-electron chi connectivity index (χ4n) is 0.951. The molecule has 0 saturated heterocycles. The van der Waals surface area contributed by atoms with Gasteiger partial charge in [0, 0.05) is 4.90 Å². The highest BCUT2D eigenvalue weighted by atomic mass is 32.1. The van der Waals surface area contributed by atoms with Crippen LogP contribution in [0.1, 0.15) is 0 Å². The first-order chi connectivity index (χ1) is 5.27. The molecule has 0 unspecified atom stereocenters. The van der Waals surface area contributed by atoms with E-state index in [1.807, 2.05) is 12.1 Å². The van der Waals surface area contributed by atoms with Crippen LogP contribution < -0.4 is 5.73 Å². The normalized spacial score (nSPS) is 10.6. The van der Waals surface area contributed by atoms with Crippen LogP contribution in [0, 0.1) is 0 Å². The molecule has 1 aromatic heterocycles. The number of benzene rings is 1. The number of rotatable bonds is 0. The number of hydrogen-bond acceptors (Lipinski definition) is 4. The van der Waals surface area contributed by atoms with E-state index in [1.54, 1.807) is 6.07 Å². The first-order valence-electron chi connectivity index (χ1n) is 3.11. The van der Waals surface area contributed by atoms with Gasteiger partial charge in [-0.15, -0.1) is 12.6 Å². The fourth-order valence-corrected chi connectivity index (χ4v) is 1.20. The molecule has 0 saturated carbocycles. The van der Waals surface area contributed by atoms with Crippen LogP contribution in [-0.2, 0) is 0 Å². The lowest BCUT2D eigenvalue weighted by atomic mass is 10.3. The predicted molar refractivity (Wildman–Crippen MR) is 45.7 cm³/mol. The highest BCUT2D eigenvalue weighted by Gasteiger charge is 2.03. The number of oxazole rings is 1. The van der Waals surface area contributed by atoms with Crippen molar-refractivity contribution in [3.05, 3.63) is 18.2 Å². The molecule has 1 heterocycles. The largest absolute Gasteiger partial charge is 0.424 e. The maximum absolute atomic E-state index is 5.35. The van der Waals surface area contributed by atoms with Crippen molar-refractivity contribution in [3.63, 3.8) is 0 Å². The van der Waals surface area contributed by atoms with E-state index >= 15 is 0 Å². The summed E-state index contributed by atoms with van der Waals surface area (Å²) in [6, 6.07) is 5.67. The number of nitrogens with zero attached hydrogens (tertiary/aromatic N) is 1. The van der Waals surface area contributed by atoms with Crippen LogP contribution >= 0.6 is 12.6 Å². The predicted octanol–water partition coefficient (Wildman–Crippen LogP) is 1.70. The lowest BCUT2D eigenvalue weighted by molar-refractivity contribution is 0.626. The van der Waals surface area contributed by atoms with Crippen molar-refractivity contribution >= 4 is 29.7 Å². The van der Waals surface area contributed by atoms with Crippen LogP contribution in [0.2, 0.25) is 0 Å². The highest BCUT2D eigenvalue weighted by molar-refractivity contribution is 7.80. The van der Waals surface area contributed by atoms with E-state index < -0.39 is 0 Å². The molecule has 0 aliphatic heterocycles. The zero-order chi connectivity index (χ0) is 7.84. The molecule has 0 radical (unpaired) electrons. The third-order valence-electron chi connectivity index (χ3n) is 1.41. The molecule has 11 heavy (non-hydrogen) atoms. The highest BCUT2D eigenvalue weighted by Crippen LogP contribution is 2.22. The van der Waals surface area contributed by atoms with Gasteiger partial charge in [-0.25, -0.2) is 0 Å². The van der Waals surface area contributed by atoms with Crippen molar-refractivity contribution in [3.8, 4) is 0 Å². The van der Waals surface area contributed by atoms with E-state index in [9.17, 15) is 0 Å². The first-order valence-corrected chi connectivity index (χ1v) is 3.56. The number of anilines is 1. The Labute approximate surface area is 68.6 Å². The summed E-state index contributed by atoms with van der Waals surface area (Å²) >= 11 is 4.19. The SMILES string of the molecule is Nc1nc2c(S)cccc2o1. The molecule has 0 bridgehead atoms. The molecule has 1 aromatic carbocycles. The van der Waals surface area contributed by atoms with Gasteiger partial charge in [-0.05, 0) is 12.1 Å². The first kappa shape index (κ1) is 6.54. The zero-order valence-electron chi connectivity index (χ0n) is 5.61. The Kier molecular flexibility index (Phi) is 1.29. The van der Waals surface area contributed by atoms with Crippen molar-refractivity contribution in [2.24, 2.45) is 0 Å². The van der Waals surface area contributed by atoms with Crippen molar-refractivity contribution in [2.45, 2.75) is 4.90 Å². The second-order valence-electron chi connectivity index (χ2n) is 2.18. The minimum atomic E-state index is 0.182. The summed E-state index contributed by atoms with van der Waals surface area (Å²) in [5, 5.41) is 0. The number of fused-ring (bicyclic) bond motifs is 1. The molecular formula is C7H6N2OS. The van der Waals surface area contributed by atoms with Gasteiger partial charge in [-0.1, -0.05) is 6.07 Å². The lowest BCUT2D eigenvalue weighted by Gasteiger charge is -1.87. The quantitative estimate of drug-likeness (QED) is 0.585. The molecule has 4 heteroatoms. The van der Waals surface area contributed by atoms with Crippen molar-refractivity contribution in [1.82, 2.24) is 4.98 Å². The van der Waals surface area contributed by atoms with Gasteiger partial charge < -0.3 is 10.2 Å². The van der Waals surface area contributed by atoms with Crippen LogP contribution in [0.3, 0.4) is 0 Å². The van der Waals surface area contributed by atoms with E-state index in [4.69, 9.17) is 10.2 Å². The zero-order valence-corrected chi connectivity index (χ0v) is 6.51. The molecule has 0 atom stereocenters. The summed E-state index contributed by atoms with van der Waals surface area (Å²) in [4.78, 5) is 4.73. The summed E-state index contributed by atoms with van der Waals surface area (Å²) in [6.07, 6.45) is 0. The lowest BCUT2D eigenvalue weighted by Crippen LogP contribution is -1.80.